The summed E-state index contributed by atoms with van der Waals surface area (Å²) < 4.78 is 0. The number of H-pyrrole nitrogens is 2. The smallest absolute Gasteiger partial charge is 0.249 e. The van der Waals surface area contributed by atoms with E-state index in [0.717, 1.165) is 44.9 Å². The van der Waals surface area contributed by atoms with Gasteiger partial charge in [-0.3, -0.25) is 9.59 Å². The molecule has 4 rings (SSSR count). The topological polar surface area (TPSA) is 65.7 Å². The number of hydrogen-bond donors (Lipinski definition) is 2. The van der Waals surface area contributed by atoms with Gasteiger partial charge in [0.2, 0.25) is 5.56 Å². The van der Waals surface area contributed by atoms with Gasteiger partial charge in [0.25, 0.3) is 0 Å². The van der Waals surface area contributed by atoms with Crippen molar-refractivity contribution in [1.82, 2.24) is 9.97 Å². The average Bonchev–Trinajstić information content (AvgIpc) is 2.97. The summed E-state index contributed by atoms with van der Waals surface area (Å²) in [7, 11) is 0. The number of carbonyl (C=O) groups is 1. The van der Waals surface area contributed by atoms with Gasteiger partial charge in [-0.1, -0.05) is 35.9 Å². The molecule has 0 spiro atoms. The van der Waals surface area contributed by atoms with Crippen molar-refractivity contribution < 1.29 is 4.79 Å². The third-order valence-corrected chi connectivity index (χ3v) is 4.35. The molecular formula is C20H13ClN2O2. The lowest BCUT2D eigenvalue weighted by Gasteiger charge is -2.05. The maximum atomic E-state index is 12.2. The van der Waals surface area contributed by atoms with Gasteiger partial charge in [-0.25, -0.2) is 0 Å². The molecule has 0 fully saturated rings. The van der Waals surface area contributed by atoms with E-state index < -0.39 is 0 Å². The van der Waals surface area contributed by atoms with E-state index in [1.54, 1.807) is 12.1 Å². The van der Waals surface area contributed by atoms with E-state index in [4.69, 9.17) is 11.6 Å². The van der Waals surface area contributed by atoms with Crippen molar-refractivity contribution in [2.24, 2.45) is 0 Å². The number of benzene rings is 2. The Bertz CT molecular complexity index is 1200. The van der Waals surface area contributed by atoms with Gasteiger partial charge in [0.05, 0.1) is 11.0 Å². The Kier molecular flexibility index (Phi) is 3.75. The predicted molar refractivity (Wildman–Crippen MR) is 102 cm³/mol. The summed E-state index contributed by atoms with van der Waals surface area (Å²) in [4.78, 5) is 29.0. The number of aromatic nitrogens is 2. The lowest BCUT2D eigenvalue weighted by Crippen LogP contribution is -2.04. The summed E-state index contributed by atoms with van der Waals surface area (Å²) in [5.74, 6) is 0. The van der Waals surface area contributed by atoms with Crippen LogP contribution in [0.4, 0.5) is 0 Å². The van der Waals surface area contributed by atoms with Gasteiger partial charge >= 0.3 is 0 Å². The summed E-state index contributed by atoms with van der Waals surface area (Å²) in [6, 6.07) is 14.8. The van der Waals surface area contributed by atoms with E-state index in [1.165, 1.54) is 6.08 Å². The SMILES string of the molecule is O=CC=Cc1cccc(-c2cc(=O)[nH]c3c2[nH]c2ccc(Cl)cc23)c1. The Morgan fingerprint density at radius 3 is 2.68 bits per heavy atom. The second kappa shape index (κ2) is 6.07. The van der Waals surface area contributed by atoms with Crippen molar-refractivity contribution in [3.63, 3.8) is 0 Å². The lowest BCUT2D eigenvalue weighted by atomic mass is 10.0. The third-order valence-electron chi connectivity index (χ3n) is 4.12. The van der Waals surface area contributed by atoms with Gasteiger partial charge in [0, 0.05) is 27.6 Å². The summed E-state index contributed by atoms with van der Waals surface area (Å²) >= 11 is 6.10. The summed E-state index contributed by atoms with van der Waals surface area (Å²) in [5, 5.41) is 1.49. The molecule has 0 unspecified atom stereocenters. The molecule has 0 atom stereocenters. The molecule has 4 aromatic rings. The average molecular weight is 349 g/mol. The number of rotatable bonds is 3. The normalized spacial score (nSPS) is 11.6. The first-order valence-corrected chi connectivity index (χ1v) is 8.10. The zero-order valence-corrected chi connectivity index (χ0v) is 13.8. The van der Waals surface area contributed by atoms with Crippen molar-refractivity contribution in [3.05, 3.63) is 75.5 Å². The minimum absolute atomic E-state index is 0.183. The van der Waals surface area contributed by atoms with Crippen molar-refractivity contribution in [2.45, 2.75) is 0 Å². The molecule has 2 aromatic heterocycles. The Hall–Kier alpha value is -3.11. The molecule has 0 saturated heterocycles. The summed E-state index contributed by atoms with van der Waals surface area (Å²) in [6.07, 6.45) is 3.91. The quantitative estimate of drug-likeness (QED) is 0.421. The minimum atomic E-state index is -0.183. The molecule has 2 aromatic carbocycles. The van der Waals surface area contributed by atoms with Crippen LogP contribution in [0.25, 0.3) is 39.1 Å². The Labute approximate surface area is 147 Å². The van der Waals surface area contributed by atoms with Gasteiger partial charge < -0.3 is 9.97 Å². The first-order valence-electron chi connectivity index (χ1n) is 7.72. The number of halogens is 1. The molecule has 2 heterocycles. The van der Waals surface area contributed by atoms with Crippen LogP contribution in [0.15, 0.2) is 59.4 Å². The second-order valence-electron chi connectivity index (χ2n) is 5.73. The van der Waals surface area contributed by atoms with Crippen molar-refractivity contribution in [1.29, 1.82) is 0 Å². The van der Waals surface area contributed by atoms with Crippen LogP contribution in [0.3, 0.4) is 0 Å². The summed E-state index contributed by atoms with van der Waals surface area (Å²) in [5.41, 5.74) is 4.87. The molecular weight excluding hydrogens is 336 g/mol. The highest BCUT2D eigenvalue weighted by atomic mass is 35.5. The van der Waals surface area contributed by atoms with Crippen LogP contribution in [0, 0.1) is 0 Å². The zero-order chi connectivity index (χ0) is 17.4. The molecule has 0 radical (unpaired) electrons. The molecule has 4 nitrogen and oxygen atoms in total. The van der Waals surface area contributed by atoms with Gasteiger partial charge in [-0.05, 0) is 41.5 Å². The minimum Gasteiger partial charge on any atom is -0.353 e. The maximum absolute atomic E-state index is 12.2. The molecule has 0 aliphatic carbocycles. The van der Waals surface area contributed by atoms with Crippen LogP contribution in [0.2, 0.25) is 5.02 Å². The highest BCUT2D eigenvalue weighted by molar-refractivity contribution is 6.31. The lowest BCUT2D eigenvalue weighted by molar-refractivity contribution is -0.104. The van der Waals surface area contributed by atoms with E-state index in [1.807, 2.05) is 42.5 Å². The van der Waals surface area contributed by atoms with Crippen molar-refractivity contribution in [2.75, 3.05) is 0 Å². The van der Waals surface area contributed by atoms with E-state index in [0.29, 0.717) is 5.02 Å². The monoisotopic (exact) mass is 348 g/mol. The number of hydrogen-bond acceptors (Lipinski definition) is 2. The first-order chi connectivity index (χ1) is 12.2. The van der Waals surface area contributed by atoms with Crippen molar-refractivity contribution in [3.8, 4) is 11.1 Å². The number of aromatic amines is 2. The first kappa shape index (κ1) is 15.4. The van der Waals surface area contributed by atoms with E-state index in [9.17, 15) is 9.59 Å². The predicted octanol–water partition coefficient (Wildman–Crippen LogP) is 4.54. The molecule has 0 amide bonds. The number of pyridine rings is 1. The van der Waals surface area contributed by atoms with Gasteiger partial charge in [-0.15, -0.1) is 0 Å². The largest absolute Gasteiger partial charge is 0.353 e. The molecule has 0 aliphatic heterocycles. The number of allylic oxidation sites excluding steroid dienone is 1. The summed E-state index contributed by atoms with van der Waals surface area (Å²) in [6.45, 7) is 0. The van der Waals surface area contributed by atoms with E-state index >= 15 is 0 Å². The van der Waals surface area contributed by atoms with E-state index in [2.05, 4.69) is 9.97 Å². The number of nitrogens with one attached hydrogen (secondary N) is 2. The van der Waals surface area contributed by atoms with Crippen LogP contribution in [0.1, 0.15) is 5.56 Å². The second-order valence-corrected chi connectivity index (χ2v) is 6.17. The van der Waals surface area contributed by atoms with Gasteiger partial charge in [0.1, 0.15) is 6.29 Å². The standard InChI is InChI=1S/C20H13ClN2O2/c21-14-6-7-17-16(10-14)20-19(22-17)15(11-18(25)23-20)13-5-1-3-12(9-13)4-2-8-24/h1-11,22H,(H,23,25). The fourth-order valence-corrected chi connectivity index (χ4v) is 3.22. The van der Waals surface area contributed by atoms with Gasteiger partial charge in [0.15, 0.2) is 0 Å². The molecule has 0 aliphatic rings. The Morgan fingerprint density at radius 2 is 1.84 bits per heavy atom. The van der Waals surface area contributed by atoms with Gasteiger partial charge in [-0.2, -0.15) is 0 Å². The fourth-order valence-electron chi connectivity index (χ4n) is 3.05. The molecule has 5 heteroatoms. The Morgan fingerprint density at radius 1 is 0.960 bits per heavy atom. The molecule has 122 valence electrons. The molecule has 2 N–H and O–H groups in total. The van der Waals surface area contributed by atoms with Crippen molar-refractivity contribution >= 4 is 45.9 Å². The van der Waals surface area contributed by atoms with Crippen LogP contribution in [0.5, 0.6) is 0 Å². The van der Waals surface area contributed by atoms with E-state index in [-0.39, 0.29) is 5.56 Å². The number of fused-ring (bicyclic) bond motifs is 3. The third kappa shape index (κ3) is 2.77. The molecule has 25 heavy (non-hydrogen) atoms. The molecule has 0 bridgehead atoms. The fraction of sp³-hybridized carbons (Fsp3) is 0. The van der Waals surface area contributed by atoms with Crippen LogP contribution in [-0.4, -0.2) is 16.3 Å². The van der Waals surface area contributed by atoms with Crippen LogP contribution < -0.4 is 5.56 Å². The molecule has 0 saturated carbocycles. The maximum Gasteiger partial charge on any atom is 0.249 e. The Balaban J connectivity index is 2.02. The number of carbonyl (C=O) groups excluding carboxylic acids is 1. The highest BCUT2D eigenvalue weighted by Gasteiger charge is 2.12. The highest BCUT2D eigenvalue weighted by Crippen LogP contribution is 2.32. The number of aldehydes is 1. The zero-order valence-electron chi connectivity index (χ0n) is 13.0. The van der Waals surface area contributed by atoms with Crippen LogP contribution in [-0.2, 0) is 4.79 Å². The van der Waals surface area contributed by atoms with Crippen LogP contribution >= 0.6 is 11.6 Å².